The second kappa shape index (κ2) is 13.7. The molecule has 0 saturated heterocycles. The summed E-state index contributed by atoms with van der Waals surface area (Å²) < 4.78 is 27.9. The molecule has 0 spiro atoms. The first-order valence-electron chi connectivity index (χ1n) is 13.0. The fourth-order valence-electron chi connectivity index (χ4n) is 4.18. The molecule has 0 fully saturated rings. The quantitative estimate of drug-likeness (QED) is 0.134. The largest absolute Gasteiger partial charge is 0.489 e. The summed E-state index contributed by atoms with van der Waals surface area (Å²) in [6.45, 7) is 10.1. The van der Waals surface area contributed by atoms with Gasteiger partial charge in [-0.25, -0.2) is 14.4 Å². The Labute approximate surface area is 225 Å². The molecule has 3 rings (SSSR count). The molecule has 0 aliphatic carbocycles. The lowest BCUT2D eigenvalue weighted by Gasteiger charge is -2.20. The number of hydrogen-bond acceptors (Lipinski definition) is 4. The first-order valence-corrected chi connectivity index (χ1v) is 14.5. The highest BCUT2D eigenvalue weighted by Gasteiger charge is 2.18. The van der Waals surface area contributed by atoms with Gasteiger partial charge in [0.1, 0.15) is 16.9 Å². The average Bonchev–Trinajstić information content (AvgIpc) is 2.86. The molecule has 0 radical (unpaired) electrons. The van der Waals surface area contributed by atoms with E-state index in [4.69, 9.17) is 19.4 Å². The molecule has 4 nitrogen and oxygen atoms in total. The number of nitrogens with zero attached hydrogens (tertiary/aromatic N) is 2. The summed E-state index contributed by atoms with van der Waals surface area (Å²) in [5.41, 5.74) is 2.42. The van der Waals surface area contributed by atoms with Gasteiger partial charge in [-0.05, 0) is 62.6 Å². The Bertz CT molecular complexity index is 1130. The summed E-state index contributed by atoms with van der Waals surface area (Å²) in [6.07, 6.45) is 9.23. The third kappa shape index (κ3) is 7.28. The van der Waals surface area contributed by atoms with Crippen molar-refractivity contribution in [1.29, 1.82) is 0 Å². The molecule has 0 aliphatic rings. The van der Waals surface area contributed by atoms with Crippen LogP contribution in [0.4, 0.5) is 4.39 Å². The maximum Gasteiger partial charge on any atom is 0.163 e. The van der Waals surface area contributed by atoms with E-state index in [1.54, 1.807) is 0 Å². The minimum Gasteiger partial charge on any atom is -0.489 e. The molecule has 0 saturated carbocycles. The van der Waals surface area contributed by atoms with Crippen molar-refractivity contribution in [2.75, 3.05) is 13.2 Å². The van der Waals surface area contributed by atoms with Gasteiger partial charge >= 0.3 is 0 Å². The molecular weight excluding hydrogens is 575 g/mol. The smallest absolute Gasteiger partial charge is 0.163 e. The maximum absolute atomic E-state index is 14.3. The summed E-state index contributed by atoms with van der Waals surface area (Å²) in [5.74, 6) is 1.99. The second-order valence-electron chi connectivity index (χ2n) is 9.32. The third-order valence-electron chi connectivity index (χ3n) is 6.66. The summed E-state index contributed by atoms with van der Waals surface area (Å²) in [6, 6.07) is 5.21. The van der Waals surface area contributed by atoms with E-state index >= 15 is 0 Å². The van der Waals surface area contributed by atoms with Crippen molar-refractivity contribution < 1.29 is 13.9 Å². The molecule has 0 amide bonds. The predicted molar refractivity (Wildman–Crippen MR) is 150 cm³/mol. The molecule has 0 N–H and O–H groups in total. The summed E-state index contributed by atoms with van der Waals surface area (Å²) in [5, 5.41) is 0. The molecule has 0 bridgehead atoms. The van der Waals surface area contributed by atoms with Crippen LogP contribution in [0.1, 0.15) is 79.1 Å². The van der Waals surface area contributed by atoms with Gasteiger partial charge in [0.2, 0.25) is 0 Å². The van der Waals surface area contributed by atoms with E-state index in [0.29, 0.717) is 67.6 Å². The predicted octanol–water partition coefficient (Wildman–Crippen LogP) is 9.64. The topological polar surface area (TPSA) is 44.2 Å². The number of rotatable bonds is 14. The lowest BCUT2D eigenvalue weighted by atomic mass is 10.0. The Morgan fingerprint density at radius 3 is 1.71 bits per heavy atom. The molecule has 3 aromatic rings. The molecule has 192 valence electrons. The highest BCUT2D eigenvalue weighted by atomic mass is 79.9. The fraction of sp³-hybridized carbons (Fsp3) is 0.571. The van der Waals surface area contributed by atoms with Crippen LogP contribution < -0.4 is 9.47 Å². The van der Waals surface area contributed by atoms with E-state index in [1.807, 2.05) is 12.1 Å². The Hall–Kier alpha value is -1.47. The molecule has 0 aliphatic heterocycles. The van der Waals surface area contributed by atoms with Crippen molar-refractivity contribution in [3.8, 4) is 11.5 Å². The Balaban J connectivity index is 1.99. The van der Waals surface area contributed by atoms with Crippen LogP contribution in [0.3, 0.4) is 0 Å². The third-order valence-corrected chi connectivity index (χ3v) is 8.02. The van der Waals surface area contributed by atoms with Crippen LogP contribution in [0.25, 0.3) is 22.1 Å². The van der Waals surface area contributed by atoms with Crippen LogP contribution in [0.2, 0.25) is 0 Å². The molecule has 1 aromatic heterocycles. The Morgan fingerprint density at radius 2 is 1.26 bits per heavy atom. The maximum atomic E-state index is 14.3. The van der Waals surface area contributed by atoms with Crippen LogP contribution in [0.5, 0.6) is 11.5 Å². The van der Waals surface area contributed by atoms with E-state index in [9.17, 15) is 4.39 Å². The Morgan fingerprint density at radius 1 is 0.771 bits per heavy atom. The lowest BCUT2D eigenvalue weighted by Crippen LogP contribution is -2.14. The Kier molecular flexibility index (Phi) is 11.0. The van der Waals surface area contributed by atoms with E-state index in [0.717, 1.165) is 25.7 Å². The number of hydrogen-bond donors (Lipinski definition) is 0. The molecule has 2 aromatic carbocycles. The summed E-state index contributed by atoms with van der Waals surface area (Å²) in [4.78, 5) is 9.52. The van der Waals surface area contributed by atoms with Gasteiger partial charge in [0.05, 0.1) is 28.7 Å². The monoisotopic (exact) mass is 610 g/mol. The van der Waals surface area contributed by atoms with Gasteiger partial charge in [-0.1, -0.05) is 66.2 Å². The molecule has 1 heterocycles. The van der Waals surface area contributed by atoms with E-state index < -0.39 is 0 Å². The minimum atomic E-state index is -0.381. The molecule has 2 unspecified atom stereocenters. The van der Waals surface area contributed by atoms with E-state index in [1.165, 1.54) is 31.7 Å². The van der Waals surface area contributed by atoms with Gasteiger partial charge in [0.25, 0.3) is 0 Å². The SMILES string of the molecule is CCCCC(CC)COc1cc2nc3c(Br)cc(F)c(Br)c3nc2cc1OCC(CC)CCCC. The minimum absolute atomic E-state index is 0.306. The zero-order valence-electron chi connectivity index (χ0n) is 21.3. The van der Waals surface area contributed by atoms with Crippen LogP contribution in [0.15, 0.2) is 27.1 Å². The first-order chi connectivity index (χ1) is 16.9. The van der Waals surface area contributed by atoms with Crippen molar-refractivity contribution in [3.05, 3.63) is 33.0 Å². The molecule has 35 heavy (non-hydrogen) atoms. The second-order valence-corrected chi connectivity index (χ2v) is 11.0. The van der Waals surface area contributed by atoms with Crippen molar-refractivity contribution in [2.45, 2.75) is 79.1 Å². The highest BCUT2D eigenvalue weighted by molar-refractivity contribution is 9.11. The van der Waals surface area contributed by atoms with Crippen LogP contribution in [0, 0.1) is 17.7 Å². The summed E-state index contributed by atoms with van der Waals surface area (Å²) >= 11 is 6.77. The number of halogens is 3. The fourth-order valence-corrected chi connectivity index (χ4v) is 5.05. The van der Waals surface area contributed by atoms with Gasteiger partial charge in [-0.2, -0.15) is 0 Å². The number of ether oxygens (including phenoxy) is 2. The number of fused-ring (bicyclic) bond motifs is 2. The van der Waals surface area contributed by atoms with Crippen molar-refractivity contribution in [1.82, 2.24) is 9.97 Å². The molecule has 2 atom stereocenters. The lowest BCUT2D eigenvalue weighted by molar-refractivity contribution is 0.199. The van der Waals surface area contributed by atoms with Gasteiger partial charge in [-0.3, -0.25) is 0 Å². The number of benzene rings is 2. The zero-order chi connectivity index (χ0) is 25.4. The van der Waals surface area contributed by atoms with Crippen LogP contribution in [-0.4, -0.2) is 23.2 Å². The van der Waals surface area contributed by atoms with E-state index in [-0.39, 0.29) is 5.82 Å². The number of unbranched alkanes of at least 4 members (excludes halogenated alkanes) is 2. The highest BCUT2D eigenvalue weighted by Crippen LogP contribution is 2.36. The van der Waals surface area contributed by atoms with Gasteiger partial charge in [0.15, 0.2) is 11.5 Å². The van der Waals surface area contributed by atoms with Gasteiger partial charge in [-0.15, -0.1) is 0 Å². The van der Waals surface area contributed by atoms with Crippen molar-refractivity contribution in [2.24, 2.45) is 11.8 Å². The van der Waals surface area contributed by atoms with Crippen molar-refractivity contribution in [3.63, 3.8) is 0 Å². The van der Waals surface area contributed by atoms with Crippen LogP contribution >= 0.6 is 31.9 Å². The van der Waals surface area contributed by atoms with Crippen molar-refractivity contribution >= 4 is 53.9 Å². The molecule has 7 heteroatoms. The van der Waals surface area contributed by atoms with E-state index in [2.05, 4.69) is 59.6 Å². The first kappa shape index (κ1) is 28.1. The molecular formula is C28H37Br2FN2O2. The van der Waals surface area contributed by atoms with Gasteiger partial charge in [0, 0.05) is 16.6 Å². The average molecular weight is 612 g/mol. The normalized spacial score (nSPS) is 13.3. The van der Waals surface area contributed by atoms with Crippen LogP contribution in [-0.2, 0) is 0 Å². The van der Waals surface area contributed by atoms with Gasteiger partial charge < -0.3 is 9.47 Å². The summed E-state index contributed by atoms with van der Waals surface area (Å²) in [7, 11) is 0. The number of aromatic nitrogens is 2. The standard InChI is InChI=1S/C28H37Br2FN2O2/c1-5-9-11-18(7-3)16-34-24-14-22-23(15-25(24)35-17-19(8-4)12-10-6-2)33-28-26(30)21(31)13-20(29)27(28)32-22/h13-15,18-19H,5-12,16-17H2,1-4H3. The zero-order valence-corrected chi connectivity index (χ0v) is 24.5.